The third-order valence-corrected chi connectivity index (χ3v) is 7.32. The Bertz CT molecular complexity index is 499. The molecule has 2 atom stereocenters. The topological polar surface area (TPSA) is 58.1 Å². The average molecular weight is 409 g/mol. The molecule has 2 saturated carbocycles. The molecule has 1 spiro atoms. The fourth-order valence-electron chi connectivity index (χ4n) is 5.65. The molecular formula is C23H44N4O2. The maximum atomic E-state index is 6.13. The van der Waals surface area contributed by atoms with Crippen LogP contribution in [0, 0.1) is 5.41 Å². The zero-order valence-electron chi connectivity index (χ0n) is 19.0. The van der Waals surface area contributed by atoms with Crippen molar-refractivity contribution in [3.63, 3.8) is 0 Å². The minimum absolute atomic E-state index is 0.329. The molecule has 3 rings (SSSR count). The molecule has 6 nitrogen and oxygen atoms in total. The van der Waals surface area contributed by atoms with Gasteiger partial charge in [-0.2, -0.15) is 0 Å². The fourth-order valence-corrected chi connectivity index (χ4v) is 5.65. The number of likely N-dealkylation sites (tertiary alicyclic amines) is 1. The van der Waals surface area contributed by atoms with Crippen molar-refractivity contribution < 1.29 is 9.47 Å². The summed E-state index contributed by atoms with van der Waals surface area (Å²) in [5.74, 6) is 1.02. The smallest absolute Gasteiger partial charge is 0.191 e. The van der Waals surface area contributed by atoms with Crippen molar-refractivity contribution in [2.45, 2.75) is 89.8 Å². The van der Waals surface area contributed by atoms with Gasteiger partial charge in [0.2, 0.25) is 0 Å². The van der Waals surface area contributed by atoms with Gasteiger partial charge in [-0.15, -0.1) is 0 Å². The van der Waals surface area contributed by atoms with Crippen LogP contribution < -0.4 is 10.6 Å². The molecule has 2 N–H and O–H groups in total. The van der Waals surface area contributed by atoms with E-state index in [-0.39, 0.29) is 0 Å². The van der Waals surface area contributed by atoms with Gasteiger partial charge in [0.1, 0.15) is 0 Å². The number of hydrogen-bond donors (Lipinski definition) is 2. The van der Waals surface area contributed by atoms with Gasteiger partial charge in [0.15, 0.2) is 5.96 Å². The van der Waals surface area contributed by atoms with Gasteiger partial charge in [-0.1, -0.05) is 19.3 Å². The van der Waals surface area contributed by atoms with Gasteiger partial charge in [-0.05, 0) is 52.4 Å². The summed E-state index contributed by atoms with van der Waals surface area (Å²) < 4.78 is 11.3. The molecule has 6 heteroatoms. The number of hydrogen-bond acceptors (Lipinski definition) is 4. The Morgan fingerprint density at radius 1 is 1.10 bits per heavy atom. The molecule has 0 bridgehead atoms. The number of aliphatic imine (C=N–C) groups is 1. The molecule has 3 aliphatic rings. The lowest BCUT2D eigenvalue weighted by Gasteiger charge is -2.58. The largest absolute Gasteiger partial charge is 0.385 e. The van der Waals surface area contributed by atoms with Gasteiger partial charge in [0, 0.05) is 64.0 Å². The summed E-state index contributed by atoms with van der Waals surface area (Å²) in [4.78, 5) is 7.36. The first-order valence-electron chi connectivity index (χ1n) is 12.1. The summed E-state index contributed by atoms with van der Waals surface area (Å²) in [6, 6.07) is 1.03. The van der Waals surface area contributed by atoms with Crippen LogP contribution in [-0.2, 0) is 9.47 Å². The van der Waals surface area contributed by atoms with Crippen LogP contribution in [0.15, 0.2) is 4.99 Å². The van der Waals surface area contributed by atoms with Crippen molar-refractivity contribution in [1.29, 1.82) is 0 Å². The summed E-state index contributed by atoms with van der Waals surface area (Å²) in [5.41, 5.74) is 0.329. The molecule has 0 aromatic rings. The number of guanidine groups is 1. The second-order valence-corrected chi connectivity index (χ2v) is 9.10. The first kappa shape index (κ1) is 22.8. The number of nitrogens with one attached hydrogen (secondary N) is 2. The predicted octanol–water partition coefficient (Wildman–Crippen LogP) is 3.17. The summed E-state index contributed by atoms with van der Waals surface area (Å²) >= 11 is 0. The molecule has 0 aromatic heterocycles. The molecule has 1 aliphatic heterocycles. The Morgan fingerprint density at radius 3 is 2.52 bits per heavy atom. The van der Waals surface area contributed by atoms with Gasteiger partial charge in [0.25, 0.3) is 0 Å². The zero-order valence-corrected chi connectivity index (χ0v) is 19.0. The van der Waals surface area contributed by atoms with Gasteiger partial charge in [-0.3, -0.25) is 4.99 Å². The zero-order chi connectivity index (χ0) is 20.5. The number of rotatable bonds is 9. The second kappa shape index (κ2) is 11.5. The van der Waals surface area contributed by atoms with E-state index in [1.807, 2.05) is 0 Å². The maximum absolute atomic E-state index is 6.13. The van der Waals surface area contributed by atoms with Crippen LogP contribution in [0.25, 0.3) is 0 Å². The minimum atomic E-state index is 0.329. The number of ether oxygens (including phenoxy) is 2. The van der Waals surface area contributed by atoms with E-state index in [1.54, 1.807) is 7.11 Å². The minimum Gasteiger partial charge on any atom is -0.385 e. The maximum Gasteiger partial charge on any atom is 0.191 e. The molecule has 1 saturated heterocycles. The molecule has 29 heavy (non-hydrogen) atoms. The van der Waals surface area contributed by atoms with E-state index in [2.05, 4.69) is 29.4 Å². The number of methoxy groups -OCH3 is 1. The lowest BCUT2D eigenvalue weighted by Crippen LogP contribution is -2.67. The SMILES string of the molecule is CCN=C(NC1CCN(CCCOC)CC1)NC1CC(OCC)C12CCCCC2. The lowest BCUT2D eigenvalue weighted by atomic mass is 9.55. The van der Waals surface area contributed by atoms with Crippen LogP contribution in [0.5, 0.6) is 0 Å². The van der Waals surface area contributed by atoms with Crippen molar-refractivity contribution in [1.82, 2.24) is 15.5 Å². The highest BCUT2D eigenvalue weighted by Gasteiger charge is 2.55. The van der Waals surface area contributed by atoms with Crippen LogP contribution in [-0.4, -0.2) is 75.5 Å². The molecule has 2 unspecified atom stereocenters. The van der Waals surface area contributed by atoms with Crippen LogP contribution in [0.1, 0.15) is 71.6 Å². The number of nitrogens with zero attached hydrogens (tertiary/aromatic N) is 2. The van der Waals surface area contributed by atoms with Crippen LogP contribution >= 0.6 is 0 Å². The Hall–Kier alpha value is -0.850. The molecule has 0 aromatic carbocycles. The van der Waals surface area contributed by atoms with E-state index in [0.717, 1.165) is 45.1 Å². The van der Waals surface area contributed by atoms with E-state index in [9.17, 15) is 0 Å². The van der Waals surface area contributed by atoms with Crippen molar-refractivity contribution in [2.75, 3.05) is 46.5 Å². The third-order valence-electron chi connectivity index (χ3n) is 7.32. The monoisotopic (exact) mass is 408 g/mol. The molecule has 168 valence electrons. The Labute approximate surface area is 178 Å². The van der Waals surface area contributed by atoms with Gasteiger partial charge in [-0.25, -0.2) is 0 Å². The molecule has 2 aliphatic carbocycles. The van der Waals surface area contributed by atoms with Gasteiger partial charge < -0.3 is 25.0 Å². The summed E-state index contributed by atoms with van der Waals surface area (Å²) in [6.45, 7) is 10.3. The molecule has 0 radical (unpaired) electrons. The predicted molar refractivity (Wildman–Crippen MR) is 120 cm³/mol. The summed E-state index contributed by atoms with van der Waals surface area (Å²) in [5, 5.41) is 7.59. The van der Waals surface area contributed by atoms with Gasteiger partial charge in [0.05, 0.1) is 6.10 Å². The summed E-state index contributed by atoms with van der Waals surface area (Å²) in [7, 11) is 1.79. The molecule has 3 fully saturated rings. The lowest BCUT2D eigenvalue weighted by molar-refractivity contribution is -0.145. The van der Waals surface area contributed by atoms with E-state index in [1.165, 1.54) is 58.0 Å². The molecule has 1 heterocycles. The second-order valence-electron chi connectivity index (χ2n) is 9.10. The van der Waals surface area contributed by atoms with Crippen molar-refractivity contribution in [2.24, 2.45) is 10.4 Å². The van der Waals surface area contributed by atoms with Crippen LogP contribution in [0.4, 0.5) is 0 Å². The first-order valence-corrected chi connectivity index (χ1v) is 12.1. The Morgan fingerprint density at radius 2 is 1.86 bits per heavy atom. The van der Waals surface area contributed by atoms with Gasteiger partial charge >= 0.3 is 0 Å². The van der Waals surface area contributed by atoms with Crippen molar-refractivity contribution >= 4 is 5.96 Å². The highest BCUT2D eigenvalue weighted by molar-refractivity contribution is 5.80. The fraction of sp³-hybridized carbons (Fsp3) is 0.957. The molecular weight excluding hydrogens is 364 g/mol. The normalized spacial score (nSPS) is 28.3. The third kappa shape index (κ3) is 5.86. The van der Waals surface area contributed by atoms with E-state index in [4.69, 9.17) is 14.5 Å². The first-order chi connectivity index (χ1) is 14.2. The number of piperidine rings is 1. The van der Waals surface area contributed by atoms with Crippen molar-refractivity contribution in [3.8, 4) is 0 Å². The van der Waals surface area contributed by atoms with Crippen molar-refractivity contribution in [3.05, 3.63) is 0 Å². The average Bonchev–Trinajstić information content (AvgIpc) is 2.75. The van der Waals surface area contributed by atoms with Crippen LogP contribution in [0.3, 0.4) is 0 Å². The summed E-state index contributed by atoms with van der Waals surface area (Å²) in [6.07, 6.45) is 11.7. The highest BCUT2D eigenvalue weighted by Crippen LogP contribution is 2.53. The van der Waals surface area contributed by atoms with E-state index >= 15 is 0 Å². The van der Waals surface area contributed by atoms with E-state index in [0.29, 0.717) is 23.6 Å². The van der Waals surface area contributed by atoms with E-state index < -0.39 is 0 Å². The molecule has 0 amide bonds. The highest BCUT2D eigenvalue weighted by atomic mass is 16.5. The Balaban J connectivity index is 1.50. The standard InChI is InChI=1S/C23H44N4O2/c1-4-24-22(25-19-10-15-27(16-11-19)14-9-17-28-3)26-20-18-21(29-5-2)23(20)12-7-6-8-13-23/h19-21H,4-18H2,1-3H3,(H2,24,25,26). The Kier molecular flexibility index (Phi) is 9.07. The quantitative estimate of drug-likeness (QED) is 0.349. The van der Waals surface area contributed by atoms with Crippen LogP contribution in [0.2, 0.25) is 0 Å².